The van der Waals surface area contributed by atoms with Crippen molar-refractivity contribution in [2.24, 2.45) is 0 Å². The van der Waals surface area contributed by atoms with Crippen LogP contribution in [0.15, 0.2) is 57.4 Å². The molecule has 0 aliphatic carbocycles. The summed E-state index contributed by atoms with van der Waals surface area (Å²) in [6.07, 6.45) is 0. The van der Waals surface area contributed by atoms with Gasteiger partial charge in [0, 0.05) is 21.1 Å². The molecule has 4 aromatic rings. The molecule has 2 N–H and O–H groups in total. The van der Waals surface area contributed by atoms with E-state index in [9.17, 15) is 4.79 Å². The maximum absolute atomic E-state index is 11.1. The lowest BCUT2D eigenvalue weighted by Gasteiger charge is -2.03. The summed E-state index contributed by atoms with van der Waals surface area (Å²) in [6.45, 7) is 2.01. The Balaban J connectivity index is 1.76. The molecule has 0 saturated carbocycles. The van der Waals surface area contributed by atoms with Crippen molar-refractivity contribution in [3.8, 4) is 22.7 Å². The average Bonchev–Trinajstić information content (AvgIpc) is 3.25. The highest BCUT2D eigenvalue weighted by Crippen LogP contribution is 2.35. The van der Waals surface area contributed by atoms with E-state index in [1.807, 2.05) is 37.3 Å². The first-order valence-electron chi connectivity index (χ1n) is 7.85. The summed E-state index contributed by atoms with van der Waals surface area (Å²) in [5.41, 5.74) is 4.54. The topological polar surface area (TPSA) is 66.2 Å². The van der Waals surface area contributed by atoms with Crippen LogP contribution in [0.3, 0.4) is 0 Å². The monoisotopic (exact) mass is 429 g/mol. The van der Waals surface area contributed by atoms with Crippen LogP contribution in [0.5, 0.6) is 0 Å². The van der Waals surface area contributed by atoms with Crippen LogP contribution in [0.1, 0.15) is 15.9 Å². The van der Waals surface area contributed by atoms with E-state index in [1.54, 1.807) is 18.2 Å². The van der Waals surface area contributed by atoms with Gasteiger partial charge in [0.15, 0.2) is 11.3 Å². The molecule has 4 rings (SSSR count). The van der Waals surface area contributed by atoms with Crippen LogP contribution < -0.4 is 0 Å². The number of benzene rings is 2. The molecule has 0 bridgehead atoms. The number of aromatic nitrogens is 1. The predicted molar refractivity (Wildman–Crippen MR) is 106 cm³/mol. The number of fused-ring (bicyclic) bond motifs is 1. The van der Waals surface area contributed by atoms with Crippen LogP contribution in [-0.4, -0.2) is 16.1 Å². The molecule has 0 unspecified atom stereocenters. The number of carboxylic acid groups (broad SMARTS) is 1. The van der Waals surface area contributed by atoms with Gasteiger partial charge in [-0.15, -0.1) is 0 Å². The number of H-pyrrole nitrogens is 1. The molecule has 0 saturated heterocycles. The van der Waals surface area contributed by atoms with Gasteiger partial charge in [0.1, 0.15) is 0 Å². The second kappa shape index (κ2) is 6.34. The minimum atomic E-state index is -0.959. The van der Waals surface area contributed by atoms with Crippen molar-refractivity contribution in [2.75, 3.05) is 0 Å². The number of aromatic amines is 1. The Bertz CT molecular complexity index is 1120. The zero-order chi connectivity index (χ0) is 18.4. The Hall–Kier alpha value is -2.50. The van der Waals surface area contributed by atoms with Crippen molar-refractivity contribution in [3.05, 3.63) is 69.2 Å². The van der Waals surface area contributed by atoms with E-state index in [0.717, 1.165) is 27.9 Å². The fourth-order valence-corrected chi connectivity index (χ4v) is 3.72. The number of aromatic carboxylic acids is 1. The molecule has 0 amide bonds. The fraction of sp³-hybridized carbons (Fsp3) is 0.0500. The summed E-state index contributed by atoms with van der Waals surface area (Å²) in [5.74, 6) is -0.264. The third kappa shape index (κ3) is 2.83. The number of hydrogen-bond donors (Lipinski definition) is 2. The molecule has 2 heterocycles. The molecule has 0 aliphatic rings. The first-order valence-corrected chi connectivity index (χ1v) is 9.02. The Labute approximate surface area is 162 Å². The van der Waals surface area contributed by atoms with Gasteiger partial charge in [0.2, 0.25) is 0 Å². The molecule has 0 atom stereocenters. The van der Waals surface area contributed by atoms with Crippen LogP contribution in [0.25, 0.3) is 33.7 Å². The second-order valence-corrected chi connectivity index (χ2v) is 7.26. The molecule has 0 radical (unpaired) electrons. The molecule has 4 nitrogen and oxygen atoms in total. The minimum Gasteiger partial charge on any atom is -0.478 e. The van der Waals surface area contributed by atoms with Crippen LogP contribution in [0.4, 0.5) is 0 Å². The van der Waals surface area contributed by atoms with Crippen molar-refractivity contribution >= 4 is 44.5 Å². The minimum absolute atomic E-state index is 0.231. The van der Waals surface area contributed by atoms with E-state index >= 15 is 0 Å². The average molecular weight is 431 g/mol. The van der Waals surface area contributed by atoms with Gasteiger partial charge in [0.25, 0.3) is 0 Å². The first-order chi connectivity index (χ1) is 12.4. The number of nitrogens with one attached hydrogen (secondary N) is 1. The van der Waals surface area contributed by atoms with Crippen molar-refractivity contribution < 1.29 is 14.3 Å². The van der Waals surface area contributed by atoms with Gasteiger partial charge in [-0.05, 0) is 48.9 Å². The molecular weight excluding hydrogens is 418 g/mol. The summed E-state index contributed by atoms with van der Waals surface area (Å²) >= 11 is 9.67. The fourth-order valence-electron chi connectivity index (χ4n) is 2.92. The zero-order valence-electron chi connectivity index (χ0n) is 13.6. The lowest BCUT2D eigenvalue weighted by Crippen LogP contribution is -1.96. The number of rotatable bonds is 3. The van der Waals surface area contributed by atoms with E-state index in [1.165, 1.54) is 0 Å². The smallest absolute Gasteiger partial charge is 0.335 e. The molecule has 6 heteroatoms. The molecule has 0 aliphatic heterocycles. The Morgan fingerprint density at radius 1 is 1.12 bits per heavy atom. The quantitative estimate of drug-likeness (QED) is 0.389. The lowest BCUT2D eigenvalue weighted by atomic mass is 10.1. The number of furan rings is 1. The van der Waals surface area contributed by atoms with Crippen LogP contribution >= 0.6 is 27.5 Å². The Morgan fingerprint density at radius 3 is 2.58 bits per heavy atom. The van der Waals surface area contributed by atoms with Gasteiger partial charge in [0.05, 0.1) is 16.3 Å². The van der Waals surface area contributed by atoms with Crippen LogP contribution in [-0.2, 0) is 0 Å². The Morgan fingerprint density at radius 2 is 1.88 bits per heavy atom. The van der Waals surface area contributed by atoms with Crippen LogP contribution in [0, 0.1) is 6.92 Å². The summed E-state index contributed by atoms with van der Waals surface area (Å²) in [4.78, 5) is 14.4. The van der Waals surface area contributed by atoms with Crippen LogP contribution in [0.2, 0.25) is 5.02 Å². The number of carbonyl (C=O) groups is 1. The second-order valence-electron chi connectivity index (χ2n) is 6.00. The number of carboxylic acids is 1. The molecule has 0 fully saturated rings. The molecule has 0 spiro atoms. The molecular formula is C20H13BrClNO3. The predicted octanol–water partition coefficient (Wildman–Crippen LogP) is 6.52. The number of aryl methyl sites for hydroxylation is 1. The maximum Gasteiger partial charge on any atom is 0.335 e. The lowest BCUT2D eigenvalue weighted by molar-refractivity contribution is 0.0697. The van der Waals surface area contributed by atoms with Gasteiger partial charge in [-0.3, -0.25) is 0 Å². The summed E-state index contributed by atoms with van der Waals surface area (Å²) in [7, 11) is 0. The van der Waals surface area contributed by atoms with Gasteiger partial charge >= 0.3 is 5.97 Å². The van der Waals surface area contributed by atoms with E-state index in [-0.39, 0.29) is 5.56 Å². The van der Waals surface area contributed by atoms with E-state index in [0.29, 0.717) is 20.8 Å². The highest BCUT2D eigenvalue weighted by Gasteiger charge is 2.14. The molecule has 2 aromatic carbocycles. The maximum atomic E-state index is 11.1. The van der Waals surface area contributed by atoms with E-state index < -0.39 is 5.97 Å². The van der Waals surface area contributed by atoms with Gasteiger partial charge in [-0.1, -0.05) is 39.7 Å². The number of hydrogen-bond acceptors (Lipinski definition) is 2. The highest BCUT2D eigenvalue weighted by molar-refractivity contribution is 9.10. The van der Waals surface area contributed by atoms with E-state index in [4.69, 9.17) is 21.1 Å². The molecule has 130 valence electrons. The van der Waals surface area contributed by atoms with Crippen molar-refractivity contribution in [1.29, 1.82) is 0 Å². The van der Waals surface area contributed by atoms with Crippen molar-refractivity contribution in [3.63, 3.8) is 0 Å². The standard InChI is InChI=1S/C20H13BrClNO3/c1-10-2-5-15(22)19-13(10)9-18(26-19)17-7-6-16(23-17)12-4-3-11(20(24)25)8-14(12)21/h2-9,23H,1H3,(H,24,25). The molecule has 2 aromatic heterocycles. The number of halogens is 2. The first kappa shape index (κ1) is 16.9. The van der Waals surface area contributed by atoms with Gasteiger partial charge in [-0.25, -0.2) is 4.79 Å². The zero-order valence-corrected chi connectivity index (χ0v) is 16.0. The molecule has 26 heavy (non-hydrogen) atoms. The summed E-state index contributed by atoms with van der Waals surface area (Å²) in [6, 6.07) is 14.5. The SMILES string of the molecule is Cc1ccc(Cl)c2oc(-c3ccc(-c4ccc(C(=O)O)cc4Br)[nH]3)cc12. The highest BCUT2D eigenvalue weighted by atomic mass is 79.9. The summed E-state index contributed by atoms with van der Waals surface area (Å²) in [5, 5.41) is 10.6. The normalized spacial score (nSPS) is 11.2. The third-order valence-corrected chi connectivity index (χ3v) is 5.26. The largest absolute Gasteiger partial charge is 0.478 e. The van der Waals surface area contributed by atoms with E-state index in [2.05, 4.69) is 20.9 Å². The van der Waals surface area contributed by atoms with Gasteiger partial charge < -0.3 is 14.5 Å². The summed E-state index contributed by atoms with van der Waals surface area (Å²) < 4.78 is 6.65. The van der Waals surface area contributed by atoms with Crippen molar-refractivity contribution in [2.45, 2.75) is 6.92 Å². The third-order valence-electron chi connectivity index (χ3n) is 4.31. The Kier molecular flexibility index (Phi) is 4.13. The van der Waals surface area contributed by atoms with Crippen molar-refractivity contribution in [1.82, 2.24) is 4.98 Å². The van der Waals surface area contributed by atoms with Gasteiger partial charge in [-0.2, -0.15) is 0 Å².